The molecule has 3 rings (SSSR count). The first-order valence-electron chi connectivity index (χ1n) is 9.06. The van der Waals surface area contributed by atoms with Gasteiger partial charge in [0, 0.05) is 24.2 Å². The zero-order valence-electron chi connectivity index (χ0n) is 16.0. The van der Waals surface area contributed by atoms with Gasteiger partial charge in [-0.1, -0.05) is 18.2 Å². The van der Waals surface area contributed by atoms with Gasteiger partial charge < -0.3 is 15.0 Å². The summed E-state index contributed by atoms with van der Waals surface area (Å²) in [5.41, 5.74) is 0.271. The smallest absolute Gasteiger partial charge is 0.307 e. The number of aryl methyl sites for hydroxylation is 1. The number of nitro groups is 1. The Bertz CT molecular complexity index is 1170. The first kappa shape index (κ1) is 20.6. The Hall–Kier alpha value is -4.08. The standard InChI is InChI=1S/C20H18N4O6/c1-12(19(26)21-13-5-4-6-14(11-13)24(28)29)30-18(25)10-9-17-22-16-8-3-2-7-15(16)20(27)23-17/h2-8,11-12H,9-10H2,1H3,(H,21,26)(H,22,23,27). The number of nitrogens with zero attached hydrogens (tertiary/aromatic N) is 2. The first-order chi connectivity index (χ1) is 14.3. The van der Waals surface area contributed by atoms with Crippen molar-refractivity contribution in [3.05, 3.63) is 74.8 Å². The average molecular weight is 410 g/mol. The molecule has 2 N–H and O–H groups in total. The van der Waals surface area contributed by atoms with Crippen molar-refractivity contribution in [2.24, 2.45) is 0 Å². The van der Waals surface area contributed by atoms with E-state index in [1.807, 2.05) is 0 Å². The van der Waals surface area contributed by atoms with Crippen molar-refractivity contribution in [2.45, 2.75) is 25.9 Å². The highest BCUT2D eigenvalue weighted by Gasteiger charge is 2.19. The fourth-order valence-corrected chi connectivity index (χ4v) is 2.72. The molecule has 2 aromatic carbocycles. The Kier molecular flexibility index (Phi) is 6.16. The molecule has 154 valence electrons. The highest BCUT2D eigenvalue weighted by atomic mass is 16.6. The highest BCUT2D eigenvalue weighted by molar-refractivity contribution is 5.95. The Morgan fingerprint density at radius 3 is 2.77 bits per heavy atom. The van der Waals surface area contributed by atoms with Crippen LogP contribution in [-0.4, -0.2) is 32.9 Å². The van der Waals surface area contributed by atoms with Gasteiger partial charge in [-0.2, -0.15) is 0 Å². The van der Waals surface area contributed by atoms with E-state index in [0.29, 0.717) is 16.7 Å². The molecule has 0 fully saturated rings. The van der Waals surface area contributed by atoms with E-state index in [9.17, 15) is 24.5 Å². The van der Waals surface area contributed by atoms with Gasteiger partial charge in [0.05, 0.1) is 22.2 Å². The van der Waals surface area contributed by atoms with E-state index in [-0.39, 0.29) is 29.8 Å². The second kappa shape index (κ2) is 8.95. The van der Waals surface area contributed by atoms with Gasteiger partial charge in [0.2, 0.25) is 0 Å². The maximum atomic E-state index is 12.2. The number of carbonyl (C=O) groups excluding carboxylic acids is 2. The van der Waals surface area contributed by atoms with E-state index in [4.69, 9.17) is 4.74 Å². The van der Waals surface area contributed by atoms with Gasteiger partial charge in [-0.05, 0) is 25.1 Å². The quantitative estimate of drug-likeness (QED) is 0.345. The molecule has 3 aromatic rings. The SMILES string of the molecule is CC(OC(=O)CCc1nc2ccccc2c(=O)[nH]1)C(=O)Nc1cccc([N+](=O)[O-])c1. The first-order valence-corrected chi connectivity index (χ1v) is 9.06. The summed E-state index contributed by atoms with van der Waals surface area (Å²) in [7, 11) is 0. The van der Waals surface area contributed by atoms with Crippen LogP contribution >= 0.6 is 0 Å². The maximum absolute atomic E-state index is 12.2. The van der Waals surface area contributed by atoms with Crippen molar-refractivity contribution < 1.29 is 19.2 Å². The third kappa shape index (κ3) is 5.04. The van der Waals surface area contributed by atoms with Crippen LogP contribution in [0, 0.1) is 10.1 Å². The molecule has 1 aromatic heterocycles. The molecule has 0 saturated carbocycles. The van der Waals surface area contributed by atoms with Crippen LogP contribution in [0.15, 0.2) is 53.3 Å². The summed E-state index contributed by atoms with van der Waals surface area (Å²) in [5.74, 6) is -0.932. The third-order valence-corrected chi connectivity index (χ3v) is 4.23. The van der Waals surface area contributed by atoms with E-state index in [1.165, 1.54) is 31.2 Å². The van der Waals surface area contributed by atoms with Crippen LogP contribution in [0.25, 0.3) is 10.9 Å². The number of nitro benzene ring substituents is 1. The average Bonchev–Trinajstić information content (AvgIpc) is 2.72. The molecule has 0 radical (unpaired) electrons. The van der Waals surface area contributed by atoms with Crippen molar-refractivity contribution in [1.82, 2.24) is 9.97 Å². The number of aromatic amines is 1. The number of anilines is 1. The van der Waals surface area contributed by atoms with E-state index in [1.54, 1.807) is 24.3 Å². The van der Waals surface area contributed by atoms with Gasteiger partial charge in [-0.15, -0.1) is 0 Å². The highest BCUT2D eigenvalue weighted by Crippen LogP contribution is 2.17. The summed E-state index contributed by atoms with van der Waals surface area (Å²) in [6, 6.07) is 12.3. The number of H-pyrrole nitrogens is 1. The number of hydrogen-bond donors (Lipinski definition) is 2. The third-order valence-electron chi connectivity index (χ3n) is 4.23. The topological polar surface area (TPSA) is 144 Å². The van der Waals surface area contributed by atoms with E-state index in [2.05, 4.69) is 15.3 Å². The minimum absolute atomic E-state index is 0.0876. The fraction of sp³-hybridized carbons (Fsp3) is 0.200. The number of para-hydroxylation sites is 1. The molecule has 10 heteroatoms. The van der Waals surface area contributed by atoms with Gasteiger partial charge in [0.1, 0.15) is 5.82 Å². The molecular formula is C20H18N4O6. The second-order valence-electron chi connectivity index (χ2n) is 6.46. The number of benzene rings is 2. The van der Waals surface area contributed by atoms with Crippen molar-refractivity contribution >= 4 is 34.2 Å². The molecular weight excluding hydrogens is 392 g/mol. The van der Waals surface area contributed by atoms with Crippen LogP contribution in [0.3, 0.4) is 0 Å². The zero-order chi connectivity index (χ0) is 21.7. The molecule has 0 aliphatic rings. The van der Waals surface area contributed by atoms with E-state index in [0.717, 1.165) is 0 Å². The zero-order valence-corrected chi connectivity index (χ0v) is 16.0. The number of non-ortho nitro benzene ring substituents is 1. The van der Waals surface area contributed by atoms with E-state index >= 15 is 0 Å². The number of fused-ring (bicyclic) bond motifs is 1. The lowest BCUT2D eigenvalue weighted by Crippen LogP contribution is -2.30. The maximum Gasteiger partial charge on any atom is 0.307 e. The lowest BCUT2D eigenvalue weighted by atomic mass is 10.2. The van der Waals surface area contributed by atoms with Gasteiger partial charge >= 0.3 is 5.97 Å². The minimum atomic E-state index is -1.11. The summed E-state index contributed by atoms with van der Waals surface area (Å²) >= 11 is 0. The Labute approximate surface area is 170 Å². The summed E-state index contributed by atoms with van der Waals surface area (Å²) in [6.45, 7) is 1.39. The Balaban J connectivity index is 1.55. The molecule has 0 aliphatic carbocycles. The molecule has 0 saturated heterocycles. The summed E-state index contributed by atoms with van der Waals surface area (Å²) in [5, 5.41) is 13.7. The number of ether oxygens (including phenoxy) is 1. The van der Waals surface area contributed by atoms with Crippen molar-refractivity contribution in [3.63, 3.8) is 0 Å². The van der Waals surface area contributed by atoms with Crippen molar-refractivity contribution in [1.29, 1.82) is 0 Å². The molecule has 1 atom stereocenters. The number of hydrogen-bond acceptors (Lipinski definition) is 7. The van der Waals surface area contributed by atoms with Gasteiger partial charge in [0.25, 0.3) is 17.2 Å². The molecule has 1 heterocycles. The summed E-state index contributed by atoms with van der Waals surface area (Å²) in [6.07, 6.45) is -1.06. The van der Waals surface area contributed by atoms with E-state index < -0.39 is 22.9 Å². The van der Waals surface area contributed by atoms with Gasteiger partial charge in [-0.25, -0.2) is 4.98 Å². The predicted molar refractivity (Wildman–Crippen MR) is 108 cm³/mol. The number of rotatable bonds is 7. The molecule has 1 amide bonds. The largest absolute Gasteiger partial charge is 0.453 e. The molecule has 10 nitrogen and oxygen atoms in total. The van der Waals surface area contributed by atoms with Crippen LogP contribution in [0.5, 0.6) is 0 Å². The van der Waals surface area contributed by atoms with Crippen molar-refractivity contribution in [3.8, 4) is 0 Å². The Morgan fingerprint density at radius 1 is 1.23 bits per heavy atom. The molecule has 0 aliphatic heterocycles. The fourth-order valence-electron chi connectivity index (χ4n) is 2.72. The van der Waals surface area contributed by atoms with Crippen LogP contribution in [-0.2, 0) is 20.7 Å². The van der Waals surface area contributed by atoms with Crippen LogP contribution in [0.4, 0.5) is 11.4 Å². The number of nitrogens with one attached hydrogen (secondary N) is 2. The Morgan fingerprint density at radius 2 is 2.00 bits per heavy atom. The molecule has 0 spiro atoms. The predicted octanol–water partition coefficient (Wildman–Crippen LogP) is 2.33. The monoisotopic (exact) mass is 410 g/mol. The normalized spacial score (nSPS) is 11.6. The van der Waals surface area contributed by atoms with Crippen LogP contribution in [0.2, 0.25) is 0 Å². The number of aromatic nitrogens is 2. The summed E-state index contributed by atoms with van der Waals surface area (Å²) in [4.78, 5) is 53.4. The molecule has 30 heavy (non-hydrogen) atoms. The molecule has 1 unspecified atom stereocenters. The van der Waals surface area contributed by atoms with Gasteiger partial charge in [0.15, 0.2) is 6.10 Å². The molecule has 0 bridgehead atoms. The number of amides is 1. The minimum Gasteiger partial charge on any atom is -0.453 e. The second-order valence-corrected chi connectivity index (χ2v) is 6.46. The summed E-state index contributed by atoms with van der Waals surface area (Å²) < 4.78 is 5.10. The lowest BCUT2D eigenvalue weighted by molar-refractivity contribution is -0.384. The number of carbonyl (C=O) groups is 2. The van der Waals surface area contributed by atoms with Gasteiger partial charge in [-0.3, -0.25) is 24.5 Å². The lowest BCUT2D eigenvalue weighted by Gasteiger charge is -2.13. The number of esters is 1. The van der Waals surface area contributed by atoms with Crippen LogP contribution in [0.1, 0.15) is 19.2 Å². The van der Waals surface area contributed by atoms with Crippen molar-refractivity contribution in [2.75, 3.05) is 5.32 Å². The van der Waals surface area contributed by atoms with Crippen LogP contribution < -0.4 is 10.9 Å².